The van der Waals surface area contributed by atoms with Gasteiger partial charge in [0, 0.05) is 5.56 Å². The maximum Gasteiger partial charge on any atom is 0.0712 e. The third kappa shape index (κ3) is 7.09. The van der Waals surface area contributed by atoms with E-state index in [1.54, 1.807) is 5.01 Å². The molecule has 0 radical (unpaired) electrons. The summed E-state index contributed by atoms with van der Waals surface area (Å²) in [7, 11) is 0. The standard InChI is InChI=1S/C47H39N3/c1-33-12-10-11-17-47(33)50(48)45-28-26-39(27-29-45)43-25-23-40-22-24-42(31-44(40)32-43)38-20-18-37(19-21-38)35(3)49-46(41-15-8-5-9-16-41)30-34(2)36-13-6-4-7-14-36/h4-32H,3,48H2,1-2H3/b34-30+,49-46?. The topological polar surface area (TPSA) is 41.6 Å². The second kappa shape index (κ2) is 14.4. The molecule has 3 heteroatoms. The number of allylic oxidation sites excluding steroid dienone is 2. The first kappa shape index (κ1) is 32.3. The van der Waals surface area contributed by atoms with Crippen molar-refractivity contribution in [1.82, 2.24) is 0 Å². The highest BCUT2D eigenvalue weighted by molar-refractivity contribution is 6.14. The van der Waals surface area contributed by atoms with Gasteiger partial charge >= 0.3 is 0 Å². The number of nitrogens with zero attached hydrogens (tertiary/aromatic N) is 2. The summed E-state index contributed by atoms with van der Waals surface area (Å²) in [4.78, 5) is 5.03. The number of anilines is 2. The Balaban J connectivity index is 1.12. The molecule has 3 nitrogen and oxygen atoms in total. The molecular formula is C47H39N3. The van der Waals surface area contributed by atoms with Crippen LogP contribution < -0.4 is 10.9 Å². The van der Waals surface area contributed by atoms with E-state index in [-0.39, 0.29) is 0 Å². The molecule has 0 saturated carbocycles. The van der Waals surface area contributed by atoms with Crippen molar-refractivity contribution in [3.05, 3.63) is 205 Å². The first-order valence-corrected chi connectivity index (χ1v) is 16.9. The van der Waals surface area contributed by atoms with Crippen LogP contribution in [-0.2, 0) is 0 Å². The van der Waals surface area contributed by atoms with Crippen LogP contribution in [-0.4, -0.2) is 5.71 Å². The zero-order chi connectivity index (χ0) is 34.5. The first-order valence-electron chi connectivity index (χ1n) is 16.9. The summed E-state index contributed by atoms with van der Waals surface area (Å²) in [5.74, 6) is 6.48. The molecule has 0 aliphatic heterocycles. The second-order valence-electron chi connectivity index (χ2n) is 12.6. The number of hydrogen-bond donors (Lipinski definition) is 1. The van der Waals surface area contributed by atoms with Gasteiger partial charge in [0.05, 0.1) is 22.8 Å². The molecule has 0 saturated heterocycles. The van der Waals surface area contributed by atoms with Gasteiger partial charge in [-0.15, -0.1) is 0 Å². The molecule has 242 valence electrons. The van der Waals surface area contributed by atoms with Gasteiger partial charge < -0.3 is 0 Å². The number of hydrazine groups is 1. The van der Waals surface area contributed by atoms with Crippen molar-refractivity contribution in [3.63, 3.8) is 0 Å². The number of benzene rings is 7. The lowest BCUT2D eigenvalue weighted by atomic mass is 9.97. The lowest BCUT2D eigenvalue weighted by Gasteiger charge is -2.21. The SMILES string of the molecule is C=C(N=C(/C=C(\C)c1ccccc1)c1ccccc1)c1ccc(-c2ccc3ccc(-c4ccc(N(N)c5ccccc5C)cc4)cc3c2)cc1. The van der Waals surface area contributed by atoms with Crippen LogP contribution in [0.15, 0.2) is 188 Å². The van der Waals surface area contributed by atoms with Crippen LogP contribution in [0.2, 0.25) is 0 Å². The molecule has 0 spiro atoms. The van der Waals surface area contributed by atoms with Crippen LogP contribution in [0.1, 0.15) is 29.2 Å². The second-order valence-corrected chi connectivity index (χ2v) is 12.6. The molecule has 7 aromatic rings. The van der Waals surface area contributed by atoms with Gasteiger partial charge in [-0.25, -0.2) is 10.8 Å². The molecule has 0 unspecified atom stereocenters. The normalized spacial score (nSPS) is 11.8. The highest BCUT2D eigenvalue weighted by Crippen LogP contribution is 2.32. The molecule has 0 atom stereocenters. The smallest absolute Gasteiger partial charge is 0.0712 e. The van der Waals surface area contributed by atoms with Crippen molar-refractivity contribution in [1.29, 1.82) is 0 Å². The summed E-state index contributed by atoms with van der Waals surface area (Å²) in [6.07, 6.45) is 2.14. The van der Waals surface area contributed by atoms with Gasteiger partial charge in [0.15, 0.2) is 0 Å². The number of rotatable bonds is 9. The Morgan fingerprint density at radius 1 is 0.560 bits per heavy atom. The van der Waals surface area contributed by atoms with Gasteiger partial charge in [-0.2, -0.15) is 0 Å². The Morgan fingerprint density at radius 2 is 1.08 bits per heavy atom. The van der Waals surface area contributed by atoms with Crippen LogP contribution in [0, 0.1) is 6.92 Å². The first-order chi connectivity index (χ1) is 24.4. The largest absolute Gasteiger partial charge is 0.279 e. The summed E-state index contributed by atoms with van der Waals surface area (Å²) >= 11 is 0. The van der Waals surface area contributed by atoms with E-state index in [0.29, 0.717) is 0 Å². The lowest BCUT2D eigenvalue weighted by molar-refractivity contribution is 1.07. The maximum atomic E-state index is 6.48. The average molecular weight is 646 g/mol. The van der Waals surface area contributed by atoms with E-state index in [9.17, 15) is 0 Å². The molecule has 7 rings (SSSR count). The van der Waals surface area contributed by atoms with Crippen LogP contribution in [0.4, 0.5) is 11.4 Å². The molecule has 0 bridgehead atoms. The molecule has 0 fully saturated rings. The summed E-state index contributed by atoms with van der Waals surface area (Å²) < 4.78 is 0. The van der Waals surface area contributed by atoms with Crippen LogP contribution in [0.3, 0.4) is 0 Å². The van der Waals surface area contributed by atoms with E-state index < -0.39 is 0 Å². The van der Waals surface area contributed by atoms with Crippen molar-refractivity contribution in [2.45, 2.75) is 13.8 Å². The monoisotopic (exact) mass is 645 g/mol. The van der Waals surface area contributed by atoms with Crippen LogP contribution in [0.25, 0.3) is 44.3 Å². The Kier molecular flexibility index (Phi) is 9.32. The Hall–Kier alpha value is -6.29. The van der Waals surface area contributed by atoms with E-state index in [1.165, 1.54) is 16.3 Å². The minimum absolute atomic E-state index is 0.721. The summed E-state index contributed by atoms with van der Waals surface area (Å²) in [5.41, 5.74) is 13.6. The third-order valence-corrected chi connectivity index (χ3v) is 9.15. The number of aryl methyl sites for hydroxylation is 1. The number of nitrogens with two attached hydrogens (primary N) is 1. The maximum absolute atomic E-state index is 6.48. The molecule has 0 aliphatic carbocycles. The molecule has 0 aromatic heterocycles. The number of fused-ring (bicyclic) bond motifs is 1. The van der Waals surface area contributed by atoms with E-state index in [2.05, 4.69) is 154 Å². The predicted molar refractivity (Wildman–Crippen MR) is 214 cm³/mol. The van der Waals surface area contributed by atoms with Crippen molar-refractivity contribution in [2.24, 2.45) is 10.8 Å². The van der Waals surface area contributed by atoms with E-state index in [0.717, 1.165) is 67.3 Å². The van der Waals surface area contributed by atoms with Crippen molar-refractivity contribution in [3.8, 4) is 22.3 Å². The molecule has 50 heavy (non-hydrogen) atoms. The Morgan fingerprint density at radius 3 is 1.68 bits per heavy atom. The zero-order valence-electron chi connectivity index (χ0n) is 28.4. The highest BCUT2D eigenvalue weighted by atomic mass is 15.4. The predicted octanol–water partition coefficient (Wildman–Crippen LogP) is 12.1. The molecule has 0 heterocycles. The number of hydrogen-bond acceptors (Lipinski definition) is 3. The summed E-state index contributed by atoms with van der Waals surface area (Å²) in [6, 6.07) is 59.0. The van der Waals surface area contributed by atoms with Gasteiger partial charge in [-0.1, -0.05) is 146 Å². The van der Waals surface area contributed by atoms with Crippen molar-refractivity contribution in [2.75, 3.05) is 5.01 Å². The molecule has 0 amide bonds. The Labute approximate surface area is 295 Å². The minimum Gasteiger partial charge on any atom is -0.279 e. The van der Waals surface area contributed by atoms with Crippen molar-refractivity contribution < 1.29 is 0 Å². The van der Waals surface area contributed by atoms with E-state index >= 15 is 0 Å². The van der Waals surface area contributed by atoms with E-state index in [1.807, 2.05) is 42.5 Å². The summed E-state index contributed by atoms with van der Waals surface area (Å²) in [5, 5.41) is 4.13. The Bertz CT molecular complexity index is 2330. The third-order valence-electron chi connectivity index (χ3n) is 9.15. The van der Waals surface area contributed by atoms with Gasteiger partial charge in [-0.3, -0.25) is 5.01 Å². The zero-order valence-corrected chi connectivity index (χ0v) is 28.4. The molecule has 0 aliphatic rings. The quantitative estimate of drug-likeness (QED) is 0.0964. The highest BCUT2D eigenvalue weighted by Gasteiger charge is 2.10. The van der Waals surface area contributed by atoms with Gasteiger partial charge in [-0.05, 0) is 106 Å². The molecular weight excluding hydrogens is 607 g/mol. The molecule has 7 aromatic carbocycles. The van der Waals surface area contributed by atoms with E-state index in [4.69, 9.17) is 10.8 Å². The number of para-hydroxylation sites is 1. The fraction of sp³-hybridized carbons (Fsp3) is 0.0426. The fourth-order valence-electron chi connectivity index (χ4n) is 6.24. The summed E-state index contributed by atoms with van der Waals surface area (Å²) in [6.45, 7) is 8.55. The number of aliphatic imine (C=N–C) groups is 1. The van der Waals surface area contributed by atoms with Crippen LogP contribution in [0.5, 0.6) is 0 Å². The van der Waals surface area contributed by atoms with Crippen molar-refractivity contribution >= 4 is 39.1 Å². The molecule has 2 N–H and O–H groups in total. The fourth-order valence-corrected chi connectivity index (χ4v) is 6.24. The average Bonchev–Trinajstić information content (AvgIpc) is 3.18. The van der Waals surface area contributed by atoms with Gasteiger partial charge in [0.1, 0.15) is 0 Å². The van der Waals surface area contributed by atoms with Crippen LogP contribution >= 0.6 is 0 Å². The lowest BCUT2D eigenvalue weighted by Crippen LogP contribution is -2.25. The van der Waals surface area contributed by atoms with Gasteiger partial charge in [0.25, 0.3) is 0 Å². The minimum atomic E-state index is 0.721. The van der Waals surface area contributed by atoms with Gasteiger partial charge in [0.2, 0.25) is 0 Å².